The lowest BCUT2D eigenvalue weighted by Crippen LogP contribution is -2.31. The van der Waals surface area contributed by atoms with Crippen molar-refractivity contribution in [3.05, 3.63) is 100 Å². The van der Waals surface area contributed by atoms with Crippen molar-refractivity contribution < 1.29 is 14.6 Å². The fraction of sp³-hybridized carbons (Fsp3) is 0.286. The zero-order valence-electron chi connectivity index (χ0n) is 20.0. The lowest BCUT2D eigenvalue weighted by Gasteiger charge is -2.36. The number of ether oxygens (including phenoxy) is 2. The van der Waals surface area contributed by atoms with Crippen LogP contribution >= 0.6 is 23.1 Å². The molecule has 8 heteroatoms. The molecule has 6 nitrogen and oxygen atoms in total. The predicted molar refractivity (Wildman–Crippen MR) is 144 cm³/mol. The maximum absolute atomic E-state index is 9.42. The van der Waals surface area contributed by atoms with Crippen molar-refractivity contribution in [2.45, 2.75) is 49.3 Å². The van der Waals surface area contributed by atoms with Crippen molar-refractivity contribution in [3.63, 3.8) is 0 Å². The Labute approximate surface area is 219 Å². The Balaban J connectivity index is 1.36. The van der Waals surface area contributed by atoms with E-state index in [0.29, 0.717) is 6.54 Å². The van der Waals surface area contributed by atoms with Crippen LogP contribution in [0.25, 0.3) is 11.1 Å². The zero-order valence-corrected chi connectivity index (χ0v) is 21.7. The number of rotatable bonds is 8. The molecule has 3 N–H and O–H groups in total. The maximum atomic E-state index is 9.42. The van der Waals surface area contributed by atoms with Gasteiger partial charge in [-0.3, -0.25) is 0 Å². The van der Waals surface area contributed by atoms with Crippen molar-refractivity contribution in [1.29, 1.82) is 0 Å². The van der Waals surface area contributed by atoms with Gasteiger partial charge in [0.25, 0.3) is 0 Å². The highest BCUT2D eigenvalue weighted by atomic mass is 32.2. The third kappa shape index (κ3) is 6.03. The van der Waals surface area contributed by atoms with Gasteiger partial charge >= 0.3 is 0 Å². The Morgan fingerprint density at radius 3 is 2.42 bits per heavy atom. The summed E-state index contributed by atoms with van der Waals surface area (Å²) in [6.45, 7) is 2.51. The summed E-state index contributed by atoms with van der Waals surface area (Å²) >= 11 is 3.27. The Bertz CT molecular complexity index is 1280. The normalized spacial score (nSPS) is 19.9. The number of aliphatic hydroxyl groups excluding tert-OH is 1. The molecule has 0 bridgehead atoms. The van der Waals surface area contributed by atoms with Crippen molar-refractivity contribution in [2.24, 2.45) is 5.73 Å². The van der Waals surface area contributed by atoms with E-state index < -0.39 is 6.29 Å². The van der Waals surface area contributed by atoms with Crippen molar-refractivity contribution in [2.75, 3.05) is 5.75 Å². The number of nitrogens with two attached hydrogens (primary N) is 1. The molecule has 0 radical (unpaired) electrons. The molecule has 0 saturated carbocycles. The average Bonchev–Trinajstić information content (AvgIpc) is 3.37. The molecule has 0 unspecified atom stereocenters. The van der Waals surface area contributed by atoms with Crippen LogP contribution in [0.1, 0.15) is 46.1 Å². The molecule has 186 valence electrons. The van der Waals surface area contributed by atoms with Crippen LogP contribution in [0.15, 0.2) is 77.1 Å². The summed E-state index contributed by atoms with van der Waals surface area (Å²) < 4.78 is 13.9. The maximum Gasteiger partial charge on any atom is 0.184 e. The van der Waals surface area contributed by atoms with Crippen molar-refractivity contribution >= 4 is 23.1 Å². The van der Waals surface area contributed by atoms with Gasteiger partial charge in [0.05, 0.1) is 18.8 Å². The minimum absolute atomic E-state index is 0.0126. The standard InChI is InChI=1S/C28H29N3O3S2/c1-18-30-31-28(36-18)35-17-25-14-26(22-7-5-19(16-32)6-8-22)34-27(33-25)23-11-9-21(10-12-23)24-4-2-3-20(13-24)15-29/h2-13,25-27,32H,14-17,29H2,1H3/t25-,26+,27+/m1/s1. The molecule has 1 fully saturated rings. The molecule has 1 aliphatic rings. The van der Waals surface area contributed by atoms with E-state index in [0.717, 1.165) is 54.9 Å². The minimum Gasteiger partial charge on any atom is -0.392 e. The SMILES string of the molecule is Cc1nnc(SC[C@H]2C[C@@H](c3ccc(CO)cc3)O[C@@H](c3ccc(-c4cccc(CN)c4)cc3)O2)s1. The molecule has 2 heterocycles. The first-order valence-corrected chi connectivity index (χ1v) is 13.7. The van der Waals surface area contributed by atoms with E-state index in [4.69, 9.17) is 15.2 Å². The number of thioether (sulfide) groups is 1. The summed E-state index contributed by atoms with van der Waals surface area (Å²) in [6.07, 6.45) is 0.136. The van der Waals surface area contributed by atoms with Crippen LogP contribution < -0.4 is 5.73 Å². The Morgan fingerprint density at radius 1 is 0.944 bits per heavy atom. The molecule has 36 heavy (non-hydrogen) atoms. The second-order valence-electron chi connectivity index (χ2n) is 8.77. The molecular weight excluding hydrogens is 490 g/mol. The van der Waals surface area contributed by atoms with Gasteiger partial charge in [-0.2, -0.15) is 0 Å². The molecule has 0 spiro atoms. The van der Waals surface area contributed by atoms with Gasteiger partial charge in [0.2, 0.25) is 0 Å². The van der Waals surface area contributed by atoms with Crippen LogP contribution in [0.4, 0.5) is 0 Å². The molecule has 3 aromatic carbocycles. The topological polar surface area (TPSA) is 90.5 Å². The summed E-state index contributed by atoms with van der Waals surface area (Å²) in [7, 11) is 0. The van der Waals surface area contributed by atoms with Gasteiger partial charge in [-0.1, -0.05) is 89.8 Å². The van der Waals surface area contributed by atoms with Gasteiger partial charge in [-0.25, -0.2) is 0 Å². The summed E-state index contributed by atoms with van der Waals surface area (Å²) in [4.78, 5) is 0. The third-order valence-corrected chi connectivity index (χ3v) is 8.30. The fourth-order valence-electron chi connectivity index (χ4n) is 4.23. The highest BCUT2D eigenvalue weighted by Gasteiger charge is 2.32. The van der Waals surface area contributed by atoms with Gasteiger partial charge < -0.3 is 20.3 Å². The Morgan fingerprint density at radius 2 is 1.72 bits per heavy atom. The summed E-state index contributed by atoms with van der Waals surface area (Å²) in [6, 6.07) is 24.6. The smallest absolute Gasteiger partial charge is 0.184 e. The molecule has 0 aliphatic carbocycles. The van der Waals surface area contributed by atoms with E-state index in [2.05, 4.69) is 46.6 Å². The van der Waals surface area contributed by atoms with E-state index in [1.54, 1.807) is 23.1 Å². The predicted octanol–water partition coefficient (Wildman–Crippen LogP) is 5.80. The minimum atomic E-state index is -0.479. The highest BCUT2D eigenvalue weighted by Crippen LogP contribution is 2.40. The first-order chi connectivity index (χ1) is 17.6. The molecule has 4 aromatic rings. The van der Waals surface area contributed by atoms with Gasteiger partial charge in [0, 0.05) is 24.3 Å². The van der Waals surface area contributed by atoms with Crippen LogP contribution in [-0.2, 0) is 22.6 Å². The average molecular weight is 520 g/mol. The zero-order chi connectivity index (χ0) is 24.9. The van der Waals surface area contributed by atoms with E-state index in [-0.39, 0.29) is 18.8 Å². The van der Waals surface area contributed by atoms with Crippen LogP contribution in [0.3, 0.4) is 0 Å². The van der Waals surface area contributed by atoms with Crippen LogP contribution in [0.2, 0.25) is 0 Å². The summed E-state index contributed by atoms with van der Waals surface area (Å²) in [5, 5.41) is 18.7. The van der Waals surface area contributed by atoms with E-state index in [9.17, 15) is 5.11 Å². The van der Waals surface area contributed by atoms with Gasteiger partial charge in [0.1, 0.15) is 5.01 Å². The molecule has 1 saturated heterocycles. The van der Waals surface area contributed by atoms with Gasteiger partial charge in [0.15, 0.2) is 10.6 Å². The van der Waals surface area contributed by atoms with E-state index >= 15 is 0 Å². The number of nitrogens with zero attached hydrogens (tertiary/aromatic N) is 2. The second kappa shape index (κ2) is 11.6. The number of hydrogen-bond acceptors (Lipinski definition) is 8. The number of aryl methyl sites for hydroxylation is 1. The van der Waals surface area contributed by atoms with Gasteiger partial charge in [-0.05, 0) is 40.8 Å². The molecular formula is C28H29N3O3S2. The van der Waals surface area contributed by atoms with Crippen LogP contribution in [0.5, 0.6) is 0 Å². The van der Waals surface area contributed by atoms with Crippen molar-refractivity contribution in [1.82, 2.24) is 10.2 Å². The molecule has 0 amide bonds. The Kier molecular flexibility index (Phi) is 8.11. The van der Waals surface area contributed by atoms with Crippen LogP contribution in [0, 0.1) is 6.92 Å². The monoisotopic (exact) mass is 519 g/mol. The lowest BCUT2D eigenvalue weighted by molar-refractivity contribution is -0.245. The molecule has 3 atom stereocenters. The second-order valence-corrected chi connectivity index (χ2v) is 11.2. The quantitative estimate of drug-likeness (QED) is 0.284. The molecule has 1 aromatic heterocycles. The first-order valence-electron chi connectivity index (χ1n) is 11.9. The van der Waals surface area contributed by atoms with Crippen LogP contribution in [-0.4, -0.2) is 27.2 Å². The highest BCUT2D eigenvalue weighted by molar-refractivity contribution is 8.01. The van der Waals surface area contributed by atoms with Crippen molar-refractivity contribution in [3.8, 4) is 11.1 Å². The lowest BCUT2D eigenvalue weighted by atomic mass is 9.99. The fourth-order valence-corrected chi connectivity index (χ4v) is 6.09. The van der Waals surface area contributed by atoms with Gasteiger partial charge in [-0.15, -0.1) is 10.2 Å². The summed E-state index contributed by atoms with van der Waals surface area (Å²) in [5.41, 5.74) is 12.1. The Hall–Kier alpha value is -2.59. The largest absolute Gasteiger partial charge is 0.392 e. The third-order valence-electron chi connectivity index (χ3n) is 6.19. The van der Waals surface area contributed by atoms with E-state index in [1.807, 2.05) is 43.3 Å². The number of benzene rings is 3. The first kappa shape index (κ1) is 25.1. The molecule has 1 aliphatic heterocycles. The molecule has 5 rings (SSSR count). The summed E-state index contributed by atoms with van der Waals surface area (Å²) in [5.74, 6) is 0.768. The number of aromatic nitrogens is 2. The number of hydrogen-bond donors (Lipinski definition) is 2. The number of aliphatic hydroxyl groups is 1. The van der Waals surface area contributed by atoms with E-state index in [1.165, 1.54) is 0 Å².